The maximum Gasteiger partial charge on any atom is 0.0766 e. The number of rotatable bonds is 3. The van der Waals surface area contributed by atoms with E-state index in [1.54, 1.807) is 0 Å². The quantitative estimate of drug-likeness (QED) is 0.885. The first-order valence-corrected chi connectivity index (χ1v) is 7.15. The Balaban J connectivity index is 2.73. The second kappa shape index (κ2) is 5.27. The van der Waals surface area contributed by atoms with Gasteiger partial charge in [-0.25, -0.2) is 0 Å². The SMILES string of the molecule is CCCNc1c(C)c(C)nc2c(C)c(Br)ccc12. The molecule has 96 valence electrons. The van der Waals surface area contributed by atoms with Gasteiger partial charge in [-0.3, -0.25) is 4.98 Å². The molecule has 1 aromatic heterocycles. The Morgan fingerprint density at radius 1 is 1.17 bits per heavy atom. The standard InChI is InChI=1S/C15H19BrN2/c1-5-8-17-14-9(2)11(4)18-15-10(3)13(16)7-6-12(14)15/h6-7H,5,8H2,1-4H3,(H,17,18). The highest BCUT2D eigenvalue weighted by atomic mass is 79.9. The van der Waals surface area contributed by atoms with Gasteiger partial charge in [0.05, 0.1) is 5.52 Å². The van der Waals surface area contributed by atoms with Crippen molar-refractivity contribution in [1.82, 2.24) is 4.98 Å². The van der Waals surface area contributed by atoms with Gasteiger partial charge < -0.3 is 5.32 Å². The van der Waals surface area contributed by atoms with Crippen LogP contribution in [0.5, 0.6) is 0 Å². The van der Waals surface area contributed by atoms with Gasteiger partial charge in [0, 0.05) is 27.8 Å². The summed E-state index contributed by atoms with van der Waals surface area (Å²) in [4.78, 5) is 4.73. The Kier molecular flexibility index (Phi) is 3.91. The van der Waals surface area contributed by atoms with E-state index in [0.29, 0.717) is 0 Å². The fourth-order valence-electron chi connectivity index (χ4n) is 2.13. The summed E-state index contributed by atoms with van der Waals surface area (Å²) < 4.78 is 1.12. The van der Waals surface area contributed by atoms with Crippen molar-refractivity contribution in [3.8, 4) is 0 Å². The highest BCUT2D eigenvalue weighted by Crippen LogP contribution is 2.32. The molecule has 0 saturated carbocycles. The Morgan fingerprint density at radius 3 is 2.56 bits per heavy atom. The maximum absolute atomic E-state index is 4.73. The summed E-state index contributed by atoms with van der Waals surface area (Å²) in [5, 5.41) is 4.75. The van der Waals surface area contributed by atoms with Crippen LogP contribution in [0, 0.1) is 20.8 Å². The Bertz CT molecular complexity index is 591. The van der Waals surface area contributed by atoms with Crippen molar-refractivity contribution in [3.63, 3.8) is 0 Å². The van der Waals surface area contributed by atoms with Crippen LogP contribution in [0.3, 0.4) is 0 Å². The van der Waals surface area contributed by atoms with Gasteiger partial charge in [0.15, 0.2) is 0 Å². The summed E-state index contributed by atoms with van der Waals surface area (Å²) >= 11 is 3.58. The monoisotopic (exact) mass is 306 g/mol. The van der Waals surface area contributed by atoms with E-state index in [4.69, 9.17) is 4.98 Å². The van der Waals surface area contributed by atoms with Gasteiger partial charge in [-0.05, 0) is 50.5 Å². The molecule has 0 aliphatic rings. The molecule has 2 aromatic rings. The maximum atomic E-state index is 4.73. The molecule has 18 heavy (non-hydrogen) atoms. The van der Waals surface area contributed by atoms with Gasteiger partial charge in [0.25, 0.3) is 0 Å². The largest absolute Gasteiger partial charge is 0.384 e. The molecule has 0 aliphatic carbocycles. The van der Waals surface area contributed by atoms with Crippen molar-refractivity contribution >= 4 is 32.5 Å². The summed E-state index contributed by atoms with van der Waals surface area (Å²) in [6, 6.07) is 4.25. The predicted octanol–water partition coefficient (Wildman–Crippen LogP) is 4.74. The molecule has 1 heterocycles. The van der Waals surface area contributed by atoms with Crippen LogP contribution < -0.4 is 5.32 Å². The third-order valence-electron chi connectivity index (χ3n) is 3.38. The minimum absolute atomic E-state index is 0.995. The smallest absolute Gasteiger partial charge is 0.0766 e. The number of hydrogen-bond acceptors (Lipinski definition) is 2. The third-order valence-corrected chi connectivity index (χ3v) is 4.24. The van der Waals surface area contributed by atoms with Gasteiger partial charge in [0.1, 0.15) is 0 Å². The van der Waals surface area contributed by atoms with Crippen molar-refractivity contribution in [1.29, 1.82) is 0 Å². The number of halogens is 1. The van der Waals surface area contributed by atoms with E-state index < -0.39 is 0 Å². The fraction of sp³-hybridized carbons (Fsp3) is 0.400. The molecule has 0 saturated heterocycles. The first kappa shape index (κ1) is 13.3. The molecule has 0 amide bonds. The first-order chi connectivity index (χ1) is 8.56. The van der Waals surface area contributed by atoms with Gasteiger partial charge in [0.2, 0.25) is 0 Å². The Hall–Kier alpha value is -1.09. The van der Waals surface area contributed by atoms with Crippen LogP contribution in [0.1, 0.15) is 30.2 Å². The number of aryl methyl sites for hydroxylation is 2. The van der Waals surface area contributed by atoms with Crippen molar-refractivity contribution < 1.29 is 0 Å². The van der Waals surface area contributed by atoms with Crippen LogP contribution in [0.25, 0.3) is 10.9 Å². The zero-order valence-electron chi connectivity index (χ0n) is 11.4. The lowest BCUT2D eigenvalue weighted by atomic mass is 10.0. The third kappa shape index (κ3) is 2.24. The van der Waals surface area contributed by atoms with E-state index in [9.17, 15) is 0 Å². The van der Waals surface area contributed by atoms with E-state index in [-0.39, 0.29) is 0 Å². The number of pyridine rings is 1. The van der Waals surface area contributed by atoms with Gasteiger partial charge in [-0.15, -0.1) is 0 Å². The lowest BCUT2D eigenvalue weighted by Crippen LogP contribution is -2.05. The number of fused-ring (bicyclic) bond motifs is 1. The molecule has 2 rings (SSSR count). The molecular weight excluding hydrogens is 288 g/mol. The van der Waals surface area contributed by atoms with E-state index in [2.05, 4.69) is 61.1 Å². The molecule has 3 heteroatoms. The zero-order valence-corrected chi connectivity index (χ0v) is 13.0. The number of hydrogen-bond donors (Lipinski definition) is 1. The molecule has 0 unspecified atom stereocenters. The topological polar surface area (TPSA) is 24.9 Å². The minimum Gasteiger partial charge on any atom is -0.384 e. The number of anilines is 1. The fourth-order valence-corrected chi connectivity index (χ4v) is 2.45. The normalized spacial score (nSPS) is 10.9. The molecule has 1 N–H and O–H groups in total. The Labute approximate surface area is 117 Å². The molecule has 0 spiro atoms. The number of nitrogens with zero attached hydrogens (tertiary/aromatic N) is 1. The molecule has 2 nitrogen and oxygen atoms in total. The van der Waals surface area contributed by atoms with Crippen molar-refractivity contribution in [2.45, 2.75) is 34.1 Å². The van der Waals surface area contributed by atoms with E-state index in [1.165, 1.54) is 22.2 Å². The minimum atomic E-state index is 0.995. The summed E-state index contributed by atoms with van der Waals surface area (Å²) in [6.45, 7) is 9.50. The van der Waals surface area contributed by atoms with E-state index >= 15 is 0 Å². The van der Waals surface area contributed by atoms with Crippen LogP contribution in [0.15, 0.2) is 16.6 Å². The van der Waals surface area contributed by atoms with Gasteiger partial charge in [-0.1, -0.05) is 22.9 Å². The molecule has 0 radical (unpaired) electrons. The molecule has 0 aliphatic heterocycles. The van der Waals surface area contributed by atoms with Gasteiger partial charge in [-0.2, -0.15) is 0 Å². The second-order valence-corrected chi connectivity index (χ2v) is 5.55. The Morgan fingerprint density at radius 2 is 1.89 bits per heavy atom. The number of nitrogens with one attached hydrogen (secondary N) is 1. The van der Waals surface area contributed by atoms with Crippen molar-refractivity contribution in [3.05, 3.63) is 33.4 Å². The average molecular weight is 307 g/mol. The van der Waals surface area contributed by atoms with Crippen LogP contribution >= 0.6 is 15.9 Å². The van der Waals surface area contributed by atoms with Crippen LogP contribution in [0.4, 0.5) is 5.69 Å². The average Bonchev–Trinajstić information content (AvgIpc) is 2.35. The molecule has 0 bridgehead atoms. The molecule has 0 atom stereocenters. The van der Waals surface area contributed by atoms with Crippen LogP contribution in [-0.4, -0.2) is 11.5 Å². The first-order valence-electron chi connectivity index (χ1n) is 6.36. The van der Waals surface area contributed by atoms with Crippen LogP contribution in [-0.2, 0) is 0 Å². The second-order valence-electron chi connectivity index (χ2n) is 4.69. The summed E-state index contributed by atoms with van der Waals surface area (Å²) in [6.07, 6.45) is 1.12. The van der Waals surface area contributed by atoms with E-state index in [1.807, 2.05) is 0 Å². The lowest BCUT2D eigenvalue weighted by molar-refractivity contribution is 0.977. The molecule has 1 aromatic carbocycles. The van der Waals surface area contributed by atoms with Crippen LogP contribution in [0.2, 0.25) is 0 Å². The highest BCUT2D eigenvalue weighted by molar-refractivity contribution is 9.10. The van der Waals surface area contributed by atoms with Crippen molar-refractivity contribution in [2.75, 3.05) is 11.9 Å². The lowest BCUT2D eigenvalue weighted by Gasteiger charge is -2.15. The number of aromatic nitrogens is 1. The molecule has 0 fully saturated rings. The zero-order chi connectivity index (χ0) is 13.3. The summed E-state index contributed by atoms with van der Waals surface area (Å²) in [7, 11) is 0. The highest BCUT2D eigenvalue weighted by Gasteiger charge is 2.11. The van der Waals surface area contributed by atoms with Gasteiger partial charge >= 0.3 is 0 Å². The number of benzene rings is 1. The summed E-state index contributed by atoms with van der Waals surface area (Å²) in [5.41, 5.74) is 5.87. The van der Waals surface area contributed by atoms with E-state index in [0.717, 1.165) is 28.6 Å². The van der Waals surface area contributed by atoms with Crippen molar-refractivity contribution in [2.24, 2.45) is 0 Å². The molecular formula is C15H19BrN2. The predicted molar refractivity (Wildman–Crippen MR) is 82.4 cm³/mol. The summed E-state index contributed by atoms with van der Waals surface area (Å²) in [5.74, 6) is 0.